The van der Waals surface area contributed by atoms with E-state index in [1.54, 1.807) is 18.3 Å². The second-order valence-electron chi connectivity index (χ2n) is 1.67. The lowest BCUT2D eigenvalue weighted by Crippen LogP contribution is -1.95. The van der Waals surface area contributed by atoms with Crippen LogP contribution < -0.4 is 10.2 Å². The molecule has 0 radical (unpaired) electrons. The number of hydrogen-bond donors (Lipinski definition) is 2. The van der Waals surface area contributed by atoms with Gasteiger partial charge in [0, 0.05) is 6.20 Å². The lowest BCUT2D eigenvalue weighted by molar-refractivity contribution is 0.366. The quantitative estimate of drug-likeness (QED) is 0.599. The highest BCUT2D eigenvalue weighted by molar-refractivity contribution is 5.49. The standard InChI is InChI=1S/C6H8N2O2/c1-10-6-5(8-9)3-2-4-7-6/h2-4,8-9H,1H3. The molecule has 0 aliphatic heterocycles. The van der Waals surface area contributed by atoms with E-state index in [0.29, 0.717) is 11.6 Å². The van der Waals surface area contributed by atoms with E-state index in [1.165, 1.54) is 7.11 Å². The molecule has 0 spiro atoms. The second kappa shape index (κ2) is 3.03. The Morgan fingerprint density at radius 3 is 3.00 bits per heavy atom. The molecule has 0 saturated carbocycles. The van der Waals surface area contributed by atoms with Crippen molar-refractivity contribution in [3.05, 3.63) is 18.3 Å². The predicted molar refractivity (Wildman–Crippen MR) is 36.2 cm³/mol. The van der Waals surface area contributed by atoms with Crippen molar-refractivity contribution in [2.75, 3.05) is 12.6 Å². The summed E-state index contributed by atoms with van der Waals surface area (Å²) in [6.45, 7) is 0. The third-order valence-corrected chi connectivity index (χ3v) is 1.08. The van der Waals surface area contributed by atoms with Gasteiger partial charge in [0.1, 0.15) is 5.69 Å². The van der Waals surface area contributed by atoms with Crippen molar-refractivity contribution in [2.45, 2.75) is 0 Å². The summed E-state index contributed by atoms with van der Waals surface area (Å²) >= 11 is 0. The van der Waals surface area contributed by atoms with Crippen molar-refractivity contribution < 1.29 is 9.94 Å². The maximum atomic E-state index is 8.48. The van der Waals surface area contributed by atoms with Gasteiger partial charge in [-0.2, -0.15) is 0 Å². The number of nitrogens with zero attached hydrogens (tertiary/aromatic N) is 1. The molecule has 4 heteroatoms. The van der Waals surface area contributed by atoms with E-state index in [9.17, 15) is 0 Å². The van der Waals surface area contributed by atoms with E-state index in [0.717, 1.165) is 0 Å². The van der Waals surface area contributed by atoms with Gasteiger partial charge in [-0.1, -0.05) is 0 Å². The first kappa shape index (κ1) is 6.82. The van der Waals surface area contributed by atoms with Gasteiger partial charge >= 0.3 is 0 Å². The van der Waals surface area contributed by atoms with Gasteiger partial charge in [0.15, 0.2) is 0 Å². The topological polar surface area (TPSA) is 54.4 Å². The summed E-state index contributed by atoms with van der Waals surface area (Å²) in [5.41, 5.74) is 2.42. The number of rotatable bonds is 2. The monoisotopic (exact) mass is 140 g/mol. The molecule has 0 aliphatic rings. The minimum absolute atomic E-state index is 0.380. The van der Waals surface area contributed by atoms with Crippen molar-refractivity contribution in [1.82, 2.24) is 4.98 Å². The zero-order chi connectivity index (χ0) is 7.40. The predicted octanol–water partition coefficient (Wildman–Crippen LogP) is 0.891. The summed E-state index contributed by atoms with van der Waals surface area (Å²) in [6.07, 6.45) is 1.58. The van der Waals surface area contributed by atoms with Crippen LogP contribution in [0.3, 0.4) is 0 Å². The molecule has 1 aromatic rings. The Kier molecular flexibility index (Phi) is 2.07. The molecule has 54 valence electrons. The van der Waals surface area contributed by atoms with Crippen LogP contribution in [-0.4, -0.2) is 17.3 Å². The first-order valence-corrected chi connectivity index (χ1v) is 2.77. The SMILES string of the molecule is COc1ncccc1NO. The van der Waals surface area contributed by atoms with Crippen LogP contribution in [0, 0.1) is 0 Å². The zero-order valence-electron chi connectivity index (χ0n) is 5.53. The minimum atomic E-state index is 0.380. The normalized spacial score (nSPS) is 9.00. The number of methoxy groups -OCH3 is 1. The van der Waals surface area contributed by atoms with E-state index in [1.807, 2.05) is 5.48 Å². The van der Waals surface area contributed by atoms with E-state index >= 15 is 0 Å². The van der Waals surface area contributed by atoms with Crippen molar-refractivity contribution in [3.8, 4) is 5.88 Å². The number of hydrogen-bond acceptors (Lipinski definition) is 4. The Balaban J connectivity index is 2.96. The van der Waals surface area contributed by atoms with Gasteiger partial charge in [0.05, 0.1) is 7.11 Å². The molecule has 4 nitrogen and oxygen atoms in total. The summed E-state index contributed by atoms with van der Waals surface area (Å²) in [5, 5.41) is 8.48. The number of pyridine rings is 1. The first-order chi connectivity index (χ1) is 4.88. The van der Waals surface area contributed by atoms with Crippen LogP contribution in [0.5, 0.6) is 5.88 Å². The van der Waals surface area contributed by atoms with Gasteiger partial charge in [-0.15, -0.1) is 0 Å². The Labute approximate surface area is 58.4 Å². The van der Waals surface area contributed by atoms with Gasteiger partial charge in [-0.25, -0.2) is 4.98 Å². The zero-order valence-corrected chi connectivity index (χ0v) is 5.53. The largest absolute Gasteiger partial charge is 0.479 e. The summed E-state index contributed by atoms with van der Waals surface area (Å²) in [5.74, 6) is 0.380. The van der Waals surface area contributed by atoms with E-state index in [-0.39, 0.29) is 0 Å². The molecule has 2 N–H and O–H groups in total. The Morgan fingerprint density at radius 2 is 2.50 bits per heavy atom. The average molecular weight is 140 g/mol. The van der Waals surface area contributed by atoms with Gasteiger partial charge in [0.2, 0.25) is 5.88 Å². The highest BCUT2D eigenvalue weighted by atomic mass is 16.5. The molecular formula is C6H8N2O2. The Bertz CT molecular complexity index is 192. The highest BCUT2D eigenvalue weighted by Gasteiger charge is 1.98. The molecule has 0 unspecified atom stereocenters. The van der Waals surface area contributed by atoms with Gasteiger partial charge in [0.25, 0.3) is 0 Å². The molecular weight excluding hydrogens is 132 g/mol. The summed E-state index contributed by atoms with van der Waals surface area (Å²) in [4.78, 5) is 3.82. The molecule has 1 rings (SSSR count). The van der Waals surface area contributed by atoms with Crippen molar-refractivity contribution in [2.24, 2.45) is 0 Å². The van der Waals surface area contributed by atoms with Crippen LogP contribution in [0.25, 0.3) is 0 Å². The van der Waals surface area contributed by atoms with Gasteiger partial charge in [-0.05, 0) is 12.1 Å². The molecule has 0 amide bonds. The van der Waals surface area contributed by atoms with Crippen LogP contribution in [-0.2, 0) is 0 Å². The lowest BCUT2D eigenvalue weighted by Gasteiger charge is -2.02. The first-order valence-electron chi connectivity index (χ1n) is 2.77. The van der Waals surface area contributed by atoms with Gasteiger partial charge < -0.3 is 4.74 Å². The molecule has 0 bridgehead atoms. The molecule has 10 heavy (non-hydrogen) atoms. The third kappa shape index (κ3) is 1.16. The van der Waals surface area contributed by atoms with Crippen molar-refractivity contribution in [3.63, 3.8) is 0 Å². The number of nitrogens with one attached hydrogen (secondary N) is 1. The van der Waals surface area contributed by atoms with E-state index in [4.69, 9.17) is 9.94 Å². The number of ether oxygens (including phenoxy) is 1. The van der Waals surface area contributed by atoms with Crippen LogP contribution in [0.1, 0.15) is 0 Å². The Morgan fingerprint density at radius 1 is 1.70 bits per heavy atom. The van der Waals surface area contributed by atoms with Gasteiger partial charge in [-0.3, -0.25) is 10.7 Å². The van der Waals surface area contributed by atoms with Crippen LogP contribution in [0.4, 0.5) is 5.69 Å². The molecule has 1 heterocycles. The molecule has 0 saturated heterocycles. The average Bonchev–Trinajstić information content (AvgIpc) is 2.04. The Hall–Kier alpha value is -1.29. The number of anilines is 1. The summed E-state index contributed by atoms with van der Waals surface area (Å²) in [6, 6.07) is 3.35. The second-order valence-corrected chi connectivity index (χ2v) is 1.67. The fourth-order valence-electron chi connectivity index (χ4n) is 0.639. The highest BCUT2D eigenvalue weighted by Crippen LogP contribution is 2.17. The summed E-state index contributed by atoms with van der Waals surface area (Å²) in [7, 11) is 1.49. The minimum Gasteiger partial charge on any atom is -0.479 e. The molecule has 0 atom stereocenters. The van der Waals surface area contributed by atoms with E-state index in [2.05, 4.69) is 4.98 Å². The van der Waals surface area contributed by atoms with Crippen molar-refractivity contribution in [1.29, 1.82) is 0 Å². The maximum absolute atomic E-state index is 8.48. The van der Waals surface area contributed by atoms with Crippen LogP contribution >= 0.6 is 0 Å². The molecule has 1 aromatic heterocycles. The maximum Gasteiger partial charge on any atom is 0.239 e. The lowest BCUT2D eigenvalue weighted by atomic mass is 10.4. The fraction of sp³-hybridized carbons (Fsp3) is 0.167. The molecule has 0 aromatic carbocycles. The summed E-state index contributed by atoms with van der Waals surface area (Å²) < 4.78 is 4.80. The molecule has 0 aliphatic carbocycles. The van der Waals surface area contributed by atoms with Crippen molar-refractivity contribution >= 4 is 5.69 Å². The number of aromatic nitrogens is 1. The van der Waals surface area contributed by atoms with Crippen LogP contribution in [0.2, 0.25) is 0 Å². The third-order valence-electron chi connectivity index (χ3n) is 1.08. The molecule has 0 fully saturated rings. The smallest absolute Gasteiger partial charge is 0.239 e. The van der Waals surface area contributed by atoms with E-state index < -0.39 is 0 Å². The van der Waals surface area contributed by atoms with Crippen LogP contribution in [0.15, 0.2) is 18.3 Å². The fourth-order valence-corrected chi connectivity index (χ4v) is 0.639.